The van der Waals surface area contributed by atoms with E-state index < -0.39 is 17.6 Å². The lowest BCUT2D eigenvalue weighted by molar-refractivity contribution is -0.121. The van der Waals surface area contributed by atoms with Gasteiger partial charge in [0.15, 0.2) is 0 Å². The van der Waals surface area contributed by atoms with Crippen LogP contribution in [0.4, 0.5) is 10.5 Å². The van der Waals surface area contributed by atoms with Crippen molar-refractivity contribution in [3.05, 3.63) is 54.1 Å². The topological polar surface area (TPSA) is 122 Å². The number of amides is 3. The molecule has 1 aromatic heterocycles. The number of nitrogens with zero attached hydrogens (tertiary/aromatic N) is 2. The zero-order chi connectivity index (χ0) is 21.3. The van der Waals surface area contributed by atoms with E-state index in [4.69, 9.17) is 4.74 Å². The number of rotatable bonds is 7. The molecule has 1 aromatic carbocycles. The van der Waals surface area contributed by atoms with Gasteiger partial charge in [-0.1, -0.05) is 18.2 Å². The molecule has 3 N–H and O–H groups in total. The van der Waals surface area contributed by atoms with Crippen molar-refractivity contribution in [1.29, 1.82) is 0 Å². The number of ether oxygens (including phenoxy) is 1. The van der Waals surface area contributed by atoms with Crippen LogP contribution in [0.2, 0.25) is 0 Å². The molecule has 0 radical (unpaired) electrons. The van der Waals surface area contributed by atoms with E-state index in [2.05, 4.69) is 25.9 Å². The molecule has 0 aliphatic carbocycles. The van der Waals surface area contributed by atoms with Gasteiger partial charge in [-0.3, -0.25) is 14.6 Å². The summed E-state index contributed by atoms with van der Waals surface area (Å²) in [6.45, 7) is 5.67. The standard InChI is InChI=1S/C20H25N5O4/c1-20(2,3)29-19(28)23-9-8-17(26)24-12-14-6-4-5-7-15(14)25-18(27)16-13-21-10-11-22-16/h4-7,10-11,13H,8-9,12H2,1-3H3,(H,23,28)(H,24,26)(H,25,27). The van der Waals surface area contributed by atoms with E-state index in [0.717, 1.165) is 5.56 Å². The van der Waals surface area contributed by atoms with Crippen LogP contribution in [0.1, 0.15) is 43.2 Å². The first-order chi connectivity index (χ1) is 13.7. The predicted octanol–water partition coefficient (Wildman–Crippen LogP) is 2.26. The van der Waals surface area contributed by atoms with Gasteiger partial charge in [0.1, 0.15) is 11.3 Å². The molecule has 0 aliphatic rings. The fraction of sp³-hybridized carbons (Fsp3) is 0.350. The lowest BCUT2D eigenvalue weighted by Crippen LogP contribution is -2.35. The van der Waals surface area contributed by atoms with Crippen LogP contribution in [-0.4, -0.2) is 40.0 Å². The average molecular weight is 399 g/mol. The minimum Gasteiger partial charge on any atom is -0.444 e. The quantitative estimate of drug-likeness (QED) is 0.656. The zero-order valence-electron chi connectivity index (χ0n) is 16.7. The molecule has 0 atom stereocenters. The van der Waals surface area contributed by atoms with Gasteiger partial charge in [0, 0.05) is 37.6 Å². The maximum Gasteiger partial charge on any atom is 0.407 e. The third kappa shape index (κ3) is 7.96. The number of benzene rings is 1. The average Bonchev–Trinajstić information content (AvgIpc) is 2.66. The van der Waals surface area contributed by atoms with Crippen molar-refractivity contribution < 1.29 is 19.1 Å². The summed E-state index contributed by atoms with van der Waals surface area (Å²) in [4.78, 5) is 43.7. The number of hydrogen-bond acceptors (Lipinski definition) is 6. The highest BCUT2D eigenvalue weighted by Gasteiger charge is 2.16. The Balaban J connectivity index is 1.82. The summed E-state index contributed by atoms with van der Waals surface area (Å²) >= 11 is 0. The van der Waals surface area contributed by atoms with Crippen LogP contribution in [0, 0.1) is 0 Å². The second kappa shape index (κ2) is 10.2. The van der Waals surface area contributed by atoms with Crippen molar-refractivity contribution in [2.24, 2.45) is 0 Å². The Morgan fingerprint density at radius 2 is 1.83 bits per heavy atom. The highest BCUT2D eigenvalue weighted by atomic mass is 16.6. The Kier molecular flexibility index (Phi) is 7.64. The fourth-order valence-corrected chi connectivity index (χ4v) is 2.27. The third-order valence-corrected chi connectivity index (χ3v) is 3.56. The maximum atomic E-state index is 12.3. The summed E-state index contributed by atoms with van der Waals surface area (Å²) in [7, 11) is 0. The molecule has 9 heteroatoms. The van der Waals surface area contributed by atoms with Gasteiger partial charge in [-0.2, -0.15) is 0 Å². The van der Waals surface area contributed by atoms with Gasteiger partial charge < -0.3 is 20.7 Å². The molecule has 3 amide bonds. The molecule has 0 aliphatic heterocycles. The van der Waals surface area contributed by atoms with Crippen molar-refractivity contribution in [3.63, 3.8) is 0 Å². The highest BCUT2D eigenvalue weighted by molar-refractivity contribution is 6.03. The lowest BCUT2D eigenvalue weighted by Gasteiger charge is -2.19. The molecule has 0 spiro atoms. The van der Waals surface area contributed by atoms with Gasteiger partial charge in [0.05, 0.1) is 6.20 Å². The molecule has 0 unspecified atom stereocenters. The fourth-order valence-electron chi connectivity index (χ4n) is 2.27. The molecule has 1 heterocycles. The second-order valence-electron chi connectivity index (χ2n) is 7.16. The van der Waals surface area contributed by atoms with E-state index in [1.165, 1.54) is 18.6 Å². The van der Waals surface area contributed by atoms with Gasteiger partial charge in [-0.25, -0.2) is 9.78 Å². The number of carbonyl (C=O) groups excluding carboxylic acids is 3. The molecule has 154 valence electrons. The molecular formula is C20H25N5O4. The summed E-state index contributed by atoms with van der Waals surface area (Å²) in [5, 5.41) is 8.06. The normalized spacial score (nSPS) is 10.7. The number of carbonyl (C=O) groups is 3. The summed E-state index contributed by atoms with van der Waals surface area (Å²) in [6.07, 6.45) is 3.83. The molecule has 0 saturated carbocycles. The van der Waals surface area contributed by atoms with E-state index in [-0.39, 0.29) is 31.1 Å². The minimum atomic E-state index is -0.591. The SMILES string of the molecule is CC(C)(C)OC(=O)NCCC(=O)NCc1ccccc1NC(=O)c1cnccn1. The first kappa shape index (κ1) is 21.8. The van der Waals surface area contributed by atoms with Crippen molar-refractivity contribution >= 4 is 23.6 Å². The van der Waals surface area contributed by atoms with Crippen molar-refractivity contribution in [2.75, 3.05) is 11.9 Å². The van der Waals surface area contributed by atoms with E-state index in [9.17, 15) is 14.4 Å². The number of aromatic nitrogens is 2. The summed E-state index contributed by atoms with van der Waals surface area (Å²) in [5.41, 5.74) is 0.902. The molecule has 2 aromatic rings. The van der Waals surface area contributed by atoms with E-state index in [1.54, 1.807) is 39.0 Å². The largest absolute Gasteiger partial charge is 0.444 e. The highest BCUT2D eigenvalue weighted by Crippen LogP contribution is 2.15. The lowest BCUT2D eigenvalue weighted by atomic mass is 10.1. The molecule has 29 heavy (non-hydrogen) atoms. The van der Waals surface area contributed by atoms with E-state index >= 15 is 0 Å². The number of alkyl carbamates (subject to hydrolysis) is 1. The number of nitrogens with one attached hydrogen (secondary N) is 3. The molecule has 2 rings (SSSR count). The van der Waals surface area contributed by atoms with Crippen LogP contribution in [-0.2, 0) is 16.1 Å². The Hall–Kier alpha value is -3.49. The van der Waals surface area contributed by atoms with Crippen LogP contribution in [0.25, 0.3) is 0 Å². The van der Waals surface area contributed by atoms with Crippen LogP contribution in [0.5, 0.6) is 0 Å². The number of anilines is 1. The van der Waals surface area contributed by atoms with E-state index in [0.29, 0.717) is 5.69 Å². The molecule has 0 saturated heterocycles. The Morgan fingerprint density at radius 1 is 1.07 bits per heavy atom. The predicted molar refractivity (Wildman–Crippen MR) is 107 cm³/mol. The Bertz CT molecular complexity index is 849. The van der Waals surface area contributed by atoms with Gasteiger partial charge >= 0.3 is 6.09 Å². The smallest absolute Gasteiger partial charge is 0.407 e. The van der Waals surface area contributed by atoms with Gasteiger partial charge in [-0.15, -0.1) is 0 Å². The molecule has 0 fully saturated rings. The van der Waals surface area contributed by atoms with Gasteiger partial charge in [-0.05, 0) is 32.4 Å². The monoisotopic (exact) mass is 399 g/mol. The van der Waals surface area contributed by atoms with Gasteiger partial charge in [0.2, 0.25) is 5.91 Å². The van der Waals surface area contributed by atoms with Crippen molar-refractivity contribution in [1.82, 2.24) is 20.6 Å². The first-order valence-corrected chi connectivity index (χ1v) is 9.13. The van der Waals surface area contributed by atoms with Crippen LogP contribution < -0.4 is 16.0 Å². The maximum absolute atomic E-state index is 12.3. The van der Waals surface area contributed by atoms with Gasteiger partial charge in [0.25, 0.3) is 5.91 Å². The molecule has 9 nitrogen and oxygen atoms in total. The number of para-hydroxylation sites is 1. The number of hydrogen-bond donors (Lipinski definition) is 3. The first-order valence-electron chi connectivity index (χ1n) is 9.13. The molecular weight excluding hydrogens is 374 g/mol. The Morgan fingerprint density at radius 3 is 2.52 bits per heavy atom. The Labute approximate surface area is 169 Å². The summed E-state index contributed by atoms with van der Waals surface area (Å²) in [5.74, 6) is -0.630. The van der Waals surface area contributed by atoms with Crippen LogP contribution >= 0.6 is 0 Å². The van der Waals surface area contributed by atoms with Crippen molar-refractivity contribution in [2.45, 2.75) is 39.3 Å². The minimum absolute atomic E-state index is 0.105. The van der Waals surface area contributed by atoms with Crippen LogP contribution in [0.3, 0.4) is 0 Å². The van der Waals surface area contributed by atoms with Crippen molar-refractivity contribution in [3.8, 4) is 0 Å². The molecule has 0 bridgehead atoms. The summed E-state index contributed by atoms with van der Waals surface area (Å²) in [6, 6.07) is 7.12. The summed E-state index contributed by atoms with van der Waals surface area (Å²) < 4.78 is 5.11. The zero-order valence-corrected chi connectivity index (χ0v) is 16.7. The van der Waals surface area contributed by atoms with E-state index in [1.807, 2.05) is 6.07 Å². The van der Waals surface area contributed by atoms with Crippen LogP contribution in [0.15, 0.2) is 42.9 Å². The second-order valence-corrected chi connectivity index (χ2v) is 7.16. The third-order valence-electron chi connectivity index (χ3n) is 3.56.